The van der Waals surface area contributed by atoms with Gasteiger partial charge in [0, 0.05) is 18.0 Å². The lowest BCUT2D eigenvalue weighted by molar-refractivity contribution is 0.102. The predicted octanol–water partition coefficient (Wildman–Crippen LogP) is 4.79. The van der Waals surface area contributed by atoms with E-state index in [-0.39, 0.29) is 28.3 Å². The molecule has 2 aromatic carbocycles. The van der Waals surface area contributed by atoms with Gasteiger partial charge in [0.15, 0.2) is 11.6 Å². The highest BCUT2D eigenvalue weighted by atomic mass is 19.1. The molecule has 36 heavy (non-hydrogen) atoms. The van der Waals surface area contributed by atoms with Crippen molar-refractivity contribution in [3.63, 3.8) is 0 Å². The summed E-state index contributed by atoms with van der Waals surface area (Å²) in [4.78, 5) is 26.0. The average Bonchev–Trinajstić information content (AvgIpc) is 3.26. The number of pyridine rings is 1. The van der Waals surface area contributed by atoms with Crippen LogP contribution in [0.5, 0.6) is 0 Å². The number of nitrogens with zero attached hydrogens (tertiary/aromatic N) is 5. The smallest absolute Gasteiger partial charge is 0.259 e. The number of nitrogens with one attached hydrogen (secondary N) is 1. The van der Waals surface area contributed by atoms with Crippen molar-refractivity contribution < 1.29 is 18.7 Å². The number of hydrogen-bond acceptors (Lipinski definition) is 6. The van der Waals surface area contributed by atoms with E-state index < -0.39 is 24.5 Å². The molecule has 180 valence electrons. The van der Waals surface area contributed by atoms with Crippen LogP contribution < -0.4 is 5.32 Å². The molecule has 1 atom stereocenters. The molecular weight excluding hydrogens is 466 g/mol. The second-order valence-electron chi connectivity index (χ2n) is 8.03. The molecule has 3 heterocycles. The highest BCUT2D eigenvalue weighted by Crippen LogP contribution is 2.29. The van der Waals surface area contributed by atoms with E-state index in [1.54, 1.807) is 37.3 Å². The van der Waals surface area contributed by atoms with Crippen LogP contribution in [0.15, 0.2) is 73.1 Å². The van der Waals surface area contributed by atoms with Gasteiger partial charge in [-0.2, -0.15) is 5.10 Å². The minimum absolute atomic E-state index is 0.0262. The number of anilines is 1. The molecule has 0 saturated carbocycles. The maximum Gasteiger partial charge on any atom is 0.259 e. The molecule has 2 N–H and O–H groups in total. The number of aliphatic hydroxyl groups excluding tert-OH is 1. The third kappa shape index (κ3) is 4.29. The summed E-state index contributed by atoms with van der Waals surface area (Å²) >= 11 is 0. The zero-order valence-corrected chi connectivity index (χ0v) is 19.1. The maximum atomic E-state index is 15.0. The van der Waals surface area contributed by atoms with Crippen molar-refractivity contribution in [2.75, 3.05) is 5.32 Å². The molecule has 0 aliphatic heterocycles. The van der Waals surface area contributed by atoms with E-state index in [0.717, 1.165) is 6.07 Å². The van der Waals surface area contributed by atoms with Gasteiger partial charge in [-0.15, -0.1) is 0 Å². The Bertz CT molecular complexity index is 1560. The molecule has 0 radical (unpaired) electrons. The van der Waals surface area contributed by atoms with E-state index >= 15 is 0 Å². The Morgan fingerprint density at radius 1 is 1.08 bits per heavy atom. The number of halogens is 2. The summed E-state index contributed by atoms with van der Waals surface area (Å²) < 4.78 is 30.1. The molecule has 0 fully saturated rings. The minimum atomic E-state index is -0.955. The molecule has 3 aromatic heterocycles. The average molecular weight is 486 g/mol. The molecule has 10 heteroatoms. The number of alkyl halides is 1. The quantitative estimate of drug-likeness (QED) is 0.358. The van der Waals surface area contributed by atoms with Gasteiger partial charge in [-0.25, -0.2) is 28.4 Å². The van der Waals surface area contributed by atoms with Gasteiger partial charge >= 0.3 is 0 Å². The van der Waals surface area contributed by atoms with Crippen LogP contribution in [-0.2, 0) is 6.67 Å². The van der Waals surface area contributed by atoms with Crippen molar-refractivity contribution in [3.8, 4) is 17.1 Å². The van der Waals surface area contributed by atoms with Crippen LogP contribution in [0.1, 0.15) is 34.6 Å². The van der Waals surface area contributed by atoms with Gasteiger partial charge < -0.3 is 10.4 Å². The summed E-state index contributed by atoms with van der Waals surface area (Å²) in [6, 6.07) is 16.2. The zero-order chi connectivity index (χ0) is 25.2. The lowest BCUT2D eigenvalue weighted by Crippen LogP contribution is -2.17. The van der Waals surface area contributed by atoms with E-state index in [1.165, 1.54) is 23.1 Å². The summed E-state index contributed by atoms with van der Waals surface area (Å²) in [5.41, 5.74) is 1.71. The van der Waals surface area contributed by atoms with Crippen LogP contribution in [0.3, 0.4) is 0 Å². The Kier molecular flexibility index (Phi) is 6.17. The molecule has 1 amide bonds. The Morgan fingerprint density at radius 3 is 2.53 bits per heavy atom. The Hall–Kier alpha value is -4.57. The Balaban J connectivity index is 1.63. The maximum absolute atomic E-state index is 15.0. The number of para-hydroxylation sites is 1. The second-order valence-corrected chi connectivity index (χ2v) is 8.03. The van der Waals surface area contributed by atoms with Gasteiger partial charge in [-0.1, -0.05) is 18.2 Å². The molecular formula is C26H20F2N6O2. The van der Waals surface area contributed by atoms with Crippen LogP contribution in [0, 0.1) is 5.82 Å². The number of rotatable bonds is 6. The Morgan fingerprint density at radius 2 is 1.83 bits per heavy atom. The number of hydrogen-bond donors (Lipinski definition) is 2. The number of carbonyl (C=O) groups is 1. The minimum Gasteiger partial charge on any atom is -0.387 e. The predicted molar refractivity (Wildman–Crippen MR) is 130 cm³/mol. The number of aromatic nitrogens is 5. The molecule has 5 rings (SSSR count). The summed E-state index contributed by atoms with van der Waals surface area (Å²) in [5, 5.41) is 17.3. The van der Waals surface area contributed by atoms with E-state index in [0.29, 0.717) is 22.4 Å². The van der Waals surface area contributed by atoms with Crippen molar-refractivity contribution in [1.29, 1.82) is 0 Å². The zero-order valence-electron chi connectivity index (χ0n) is 19.1. The second kappa shape index (κ2) is 9.59. The lowest BCUT2D eigenvalue weighted by Gasteiger charge is -2.12. The standard InChI is InChI=1S/C26H20F2N6O2/c1-15(35)21-8-9-22-23(31-21)25(34(33-22)17-6-3-2-4-7-17)32-26(36)19-13-18(16(14-27)12-20(19)28)24-29-10-5-11-30-24/h2-13,15,35H,14H2,1H3,(H,32,36). The molecule has 8 nitrogen and oxygen atoms in total. The number of benzene rings is 2. The molecule has 0 saturated heterocycles. The summed E-state index contributed by atoms with van der Waals surface area (Å²) in [6.07, 6.45) is 2.10. The first-order valence-electron chi connectivity index (χ1n) is 11.1. The molecule has 0 aliphatic rings. The summed E-state index contributed by atoms with van der Waals surface area (Å²) in [6.45, 7) is 0.618. The van der Waals surface area contributed by atoms with Crippen LogP contribution in [0.2, 0.25) is 0 Å². The van der Waals surface area contributed by atoms with Gasteiger partial charge in [0.2, 0.25) is 0 Å². The van der Waals surface area contributed by atoms with Gasteiger partial charge in [-0.3, -0.25) is 4.79 Å². The molecule has 0 aliphatic carbocycles. The van der Waals surface area contributed by atoms with Crippen LogP contribution >= 0.6 is 0 Å². The summed E-state index contributed by atoms with van der Waals surface area (Å²) in [7, 11) is 0. The highest BCUT2D eigenvalue weighted by molar-refractivity contribution is 6.08. The van der Waals surface area contributed by atoms with Crippen LogP contribution in [0.25, 0.3) is 28.1 Å². The van der Waals surface area contributed by atoms with Crippen molar-refractivity contribution in [2.24, 2.45) is 0 Å². The molecule has 0 spiro atoms. The van der Waals surface area contributed by atoms with E-state index in [9.17, 15) is 18.7 Å². The van der Waals surface area contributed by atoms with Crippen molar-refractivity contribution in [3.05, 3.63) is 95.7 Å². The number of carbonyl (C=O) groups excluding carboxylic acids is 1. The summed E-state index contributed by atoms with van der Waals surface area (Å²) in [5.74, 6) is -1.33. The van der Waals surface area contributed by atoms with Crippen LogP contribution in [0.4, 0.5) is 14.6 Å². The highest BCUT2D eigenvalue weighted by Gasteiger charge is 2.22. The SMILES string of the molecule is CC(O)c1ccc2nn(-c3ccccc3)c(NC(=O)c3cc(-c4ncccn4)c(CF)cc3F)c2n1. The van der Waals surface area contributed by atoms with Gasteiger partial charge in [-0.05, 0) is 55.0 Å². The van der Waals surface area contributed by atoms with Crippen molar-refractivity contribution in [2.45, 2.75) is 19.7 Å². The first-order chi connectivity index (χ1) is 17.5. The normalized spacial score (nSPS) is 12.0. The van der Waals surface area contributed by atoms with E-state index in [4.69, 9.17) is 0 Å². The number of aliphatic hydroxyl groups is 1. The largest absolute Gasteiger partial charge is 0.387 e. The topological polar surface area (TPSA) is 106 Å². The first-order valence-corrected chi connectivity index (χ1v) is 11.1. The van der Waals surface area contributed by atoms with Crippen LogP contribution in [-0.4, -0.2) is 35.7 Å². The monoisotopic (exact) mass is 486 g/mol. The van der Waals surface area contributed by atoms with E-state index in [2.05, 4.69) is 25.4 Å². The number of fused-ring (bicyclic) bond motifs is 1. The fourth-order valence-corrected chi connectivity index (χ4v) is 3.80. The molecule has 0 bridgehead atoms. The molecule has 1 unspecified atom stereocenters. The van der Waals surface area contributed by atoms with Gasteiger partial charge in [0.1, 0.15) is 23.5 Å². The van der Waals surface area contributed by atoms with Gasteiger partial charge in [0.25, 0.3) is 5.91 Å². The number of amides is 1. The van der Waals surface area contributed by atoms with E-state index in [1.807, 2.05) is 18.2 Å². The van der Waals surface area contributed by atoms with Crippen molar-refractivity contribution >= 4 is 22.8 Å². The fourth-order valence-electron chi connectivity index (χ4n) is 3.80. The first kappa shape index (κ1) is 23.2. The fraction of sp³-hybridized carbons (Fsp3) is 0.115. The third-order valence-electron chi connectivity index (χ3n) is 5.59. The van der Waals surface area contributed by atoms with Crippen molar-refractivity contribution in [1.82, 2.24) is 24.7 Å². The molecule has 5 aromatic rings. The Labute approximate surface area is 204 Å². The third-order valence-corrected chi connectivity index (χ3v) is 5.59. The lowest BCUT2D eigenvalue weighted by atomic mass is 10.0. The van der Waals surface area contributed by atoms with Gasteiger partial charge in [0.05, 0.1) is 23.0 Å².